The smallest absolute Gasteiger partial charge is 0.251 e. The maximum atomic E-state index is 12.2. The minimum atomic E-state index is -0.0341. The molecule has 1 atom stereocenters. The molecule has 0 aliphatic carbocycles. The molecular weight excluding hydrogens is 300 g/mol. The Labute approximate surface area is 145 Å². The summed E-state index contributed by atoms with van der Waals surface area (Å²) < 4.78 is 0. The lowest BCUT2D eigenvalue weighted by molar-refractivity contribution is 0.0939. The summed E-state index contributed by atoms with van der Waals surface area (Å²) in [6.07, 6.45) is 3.25. The molecule has 1 aromatic carbocycles. The highest BCUT2D eigenvalue weighted by atomic mass is 16.1. The number of carbonyl (C=O) groups is 1. The van der Waals surface area contributed by atoms with Crippen molar-refractivity contribution in [3.05, 3.63) is 35.4 Å². The lowest BCUT2D eigenvalue weighted by atomic mass is 10.00. The zero-order valence-corrected chi connectivity index (χ0v) is 15.1. The Morgan fingerprint density at radius 1 is 1.42 bits per heavy atom. The Hall–Kier alpha value is -2.04. The second-order valence-electron chi connectivity index (χ2n) is 6.83. The van der Waals surface area contributed by atoms with Gasteiger partial charge >= 0.3 is 0 Å². The number of benzene rings is 1. The zero-order valence-electron chi connectivity index (χ0n) is 15.1. The summed E-state index contributed by atoms with van der Waals surface area (Å²) >= 11 is 0. The van der Waals surface area contributed by atoms with E-state index in [4.69, 9.17) is 5.73 Å². The van der Waals surface area contributed by atoms with Gasteiger partial charge in [-0.3, -0.25) is 4.79 Å². The van der Waals surface area contributed by atoms with Gasteiger partial charge in [0.25, 0.3) is 5.91 Å². The maximum absolute atomic E-state index is 12.2. The molecule has 1 aromatic rings. The molecule has 0 aromatic heterocycles. The van der Waals surface area contributed by atoms with Gasteiger partial charge in [0, 0.05) is 24.7 Å². The molecule has 2 rings (SSSR count). The van der Waals surface area contributed by atoms with Crippen LogP contribution in [0, 0.1) is 5.92 Å². The fourth-order valence-corrected chi connectivity index (χ4v) is 2.73. The average molecular weight is 330 g/mol. The van der Waals surface area contributed by atoms with Crippen LogP contribution >= 0.6 is 0 Å². The second kappa shape index (κ2) is 8.71. The Kier molecular flexibility index (Phi) is 6.64. The molecule has 0 spiro atoms. The van der Waals surface area contributed by atoms with Crippen LogP contribution in [0.5, 0.6) is 0 Å². The molecule has 1 amide bonds. The van der Waals surface area contributed by atoms with E-state index in [-0.39, 0.29) is 11.9 Å². The van der Waals surface area contributed by atoms with Crippen molar-refractivity contribution in [3.63, 3.8) is 0 Å². The monoisotopic (exact) mass is 330 g/mol. The summed E-state index contributed by atoms with van der Waals surface area (Å²) in [4.78, 5) is 18.9. The maximum Gasteiger partial charge on any atom is 0.251 e. The number of likely N-dealkylation sites (tertiary alicyclic amines) is 1. The van der Waals surface area contributed by atoms with Crippen LogP contribution in [0.2, 0.25) is 0 Å². The van der Waals surface area contributed by atoms with E-state index in [2.05, 4.69) is 29.1 Å². The molecule has 1 aliphatic rings. The predicted octanol–water partition coefficient (Wildman–Crippen LogP) is 2.76. The van der Waals surface area contributed by atoms with Crippen molar-refractivity contribution in [2.24, 2.45) is 16.6 Å². The van der Waals surface area contributed by atoms with Crippen molar-refractivity contribution in [2.45, 2.75) is 52.6 Å². The van der Waals surface area contributed by atoms with E-state index in [1.54, 1.807) is 0 Å². The van der Waals surface area contributed by atoms with Crippen LogP contribution in [0.25, 0.3) is 0 Å². The van der Waals surface area contributed by atoms with Crippen LogP contribution in [-0.2, 0) is 6.54 Å². The molecule has 5 heteroatoms. The van der Waals surface area contributed by atoms with Crippen LogP contribution < -0.4 is 11.1 Å². The van der Waals surface area contributed by atoms with Crippen LogP contribution in [0.4, 0.5) is 0 Å². The number of nitrogens with zero attached hydrogens (tertiary/aromatic N) is 2. The minimum Gasteiger partial charge on any atom is -0.370 e. The topological polar surface area (TPSA) is 70.7 Å². The Morgan fingerprint density at radius 3 is 2.79 bits per heavy atom. The van der Waals surface area contributed by atoms with E-state index in [1.807, 2.05) is 31.2 Å². The summed E-state index contributed by atoms with van der Waals surface area (Å²) in [6.45, 7) is 8.80. The average Bonchev–Trinajstić information content (AvgIpc) is 2.60. The normalized spacial score (nSPS) is 17.6. The van der Waals surface area contributed by atoms with Gasteiger partial charge in [0.15, 0.2) is 5.96 Å². The first-order valence-corrected chi connectivity index (χ1v) is 8.94. The number of nitrogens with one attached hydrogen (secondary N) is 1. The third kappa shape index (κ3) is 5.25. The lowest BCUT2D eigenvalue weighted by Gasteiger charge is -2.31. The minimum absolute atomic E-state index is 0.0341. The SMILES string of the molecule is CCC(C)NC(=O)c1cccc(CN=C(N)N2CCC(C)CC2)c1. The van der Waals surface area contributed by atoms with Gasteiger partial charge in [-0.2, -0.15) is 0 Å². The van der Waals surface area contributed by atoms with Gasteiger partial charge in [0.05, 0.1) is 6.54 Å². The van der Waals surface area contributed by atoms with E-state index in [1.165, 1.54) is 12.8 Å². The van der Waals surface area contributed by atoms with E-state index in [0.29, 0.717) is 18.1 Å². The fraction of sp³-hybridized carbons (Fsp3) is 0.579. The highest BCUT2D eigenvalue weighted by Gasteiger charge is 2.17. The lowest BCUT2D eigenvalue weighted by Crippen LogP contribution is -2.42. The highest BCUT2D eigenvalue weighted by molar-refractivity contribution is 5.94. The van der Waals surface area contributed by atoms with Gasteiger partial charge in [0.2, 0.25) is 0 Å². The van der Waals surface area contributed by atoms with Crippen LogP contribution in [0.1, 0.15) is 56.0 Å². The van der Waals surface area contributed by atoms with Crippen LogP contribution in [0.3, 0.4) is 0 Å². The molecule has 1 fully saturated rings. The molecule has 0 saturated carbocycles. The first-order chi connectivity index (χ1) is 11.5. The van der Waals surface area contributed by atoms with Crippen molar-refractivity contribution in [2.75, 3.05) is 13.1 Å². The fourth-order valence-electron chi connectivity index (χ4n) is 2.73. The van der Waals surface area contributed by atoms with Crippen LogP contribution in [0.15, 0.2) is 29.3 Å². The number of nitrogens with two attached hydrogens (primary N) is 1. The molecule has 1 heterocycles. The van der Waals surface area contributed by atoms with Crippen molar-refractivity contribution >= 4 is 11.9 Å². The Balaban J connectivity index is 1.96. The van der Waals surface area contributed by atoms with Gasteiger partial charge in [0.1, 0.15) is 0 Å². The number of rotatable bonds is 5. The summed E-state index contributed by atoms with van der Waals surface area (Å²) in [6, 6.07) is 7.79. The van der Waals surface area contributed by atoms with Crippen molar-refractivity contribution in [1.82, 2.24) is 10.2 Å². The van der Waals surface area contributed by atoms with E-state index in [9.17, 15) is 4.79 Å². The Morgan fingerprint density at radius 2 is 2.12 bits per heavy atom. The molecule has 132 valence electrons. The molecule has 3 N–H and O–H groups in total. The summed E-state index contributed by atoms with van der Waals surface area (Å²) in [5.41, 5.74) is 7.79. The number of amides is 1. The molecule has 0 bridgehead atoms. The van der Waals surface area contributed by atoms with E-state index in [0.717, 1.165) is 31.0 Å². The number of carbonyl (C=O) groups excluding carboxylic acids is 1. The highest BCUT2D eigenvalue weighted by Crippen LogP contribution is 2.15. The van der Waals surface area contributed by atoms with E-state index >= 15 is 0 Å². The predicted molar refractivity (Wildman–Crippen MR) is 99.0 cm³/mol. The third-order valence-electron chi connectivity index (χ3n) is 4.71. The first kappa shape index (κ1) is 18.3. The molecule has 1 aliphatic heterocycles. The summed E-state index contributed by atoms with van der Waals surface area (Å²) in [7, 11) is 0. The molecule has 5 nitrogen and oxygen atoms in total. The number of piperidine rings is 1. The quantitative estimate of drug-likeness (QED) is 0.644. The van der Waals surface area contributed by atoms with Gasteiger partial charge in [-0.25, -0.2) is 4.99 Å². The number of hydrogen-bond acceptors (Lipinski definition) is 2. The summed E-state index contributed by atoms with van der Waals surface area (Å²) in [5.74, 6) is 1.35. The van der Waals surface area contributed by atoms with Gasteiger partial charge < -0.3 is 16.0 Å². The number of hydrogen-bond donors (Lipinski definition) is 2. The largest absolute Gasteiger partial charge is 0.370 e. The molecule has 1 saturated heterocycles. The zero-order chi connectivity index (χ0) is 17.5. The van der Waals surface area contributed by atoms with Gasteiger partial charge in [-0.1, -0.05) is 26.0 Å². The van der Waals surface area contributed by atoms with E-state index < -0.39 is 0 Å². The Bertz CT molecular complexity index is 576. The summed E-state index contributed by atoms with van der Waals surface area (Å²) in [5, 5.41) is 2.99. The molecule has 1 unspecified atom stereocenters. The molecule has 0 radical (unpaired) electrons. The number of aliphatic imine (C=N–C) groups is 1. The second-order valence-corrected chi connectivity index (χ2v) is 6.83. The molecular formula is C19H30N4O. The molecule has 24 heavy (non-hydrogen) atoms. The number of guanidine groups is 1. The van der Waals surface area contributed by atoms with Crippen molar-refractivity contribution in [3.8, 4) is 0 Å². The first-order valence-electron chi connectivity index (χ1n) is 8.94. The van der Waals surface area contributed by atoms with Gasteiger partial charge in [-0.05, 0) is 49.8 Å². The van der Waals surface area contributed by atoms with Crippen molar-refractivity contribution < 1.29 is 4.79 Å². The van der Waals surface area contributed by atoms with Crippen molar-refractivity contribution in [1.29, 1.82) is 0 Å². The van der Waals surface area contributed by atoms with Gasteiger partial charge in [-0.15, -0.1) is 0 Å². The third-order valence-corrected chi connectivity index (χ3v) is 4.71. The standard InChI is InChI=1S/C19H30N4O/c1-4-15(3)22-18(24)17-7-5-6-16(12-17)13-21-19(20)23-10-8-14(2)9-11-23/h5-7,12,14-15H,4,8-11,13H2,1-3H3,(H2,20,21)(H,22,24). The van der Waals surface area contributed by atoms with Crippen LogP contribution in [-0.4, -0.2) is 35.9 Å².